The molecule has 1 amide bonds. The number of halogens is 1. The van der Waals surface area contributed by atoms with Gasteiger partial charge in [-0.1, -0.05) is 41.4 Å². The second-order valence-corrected chi connectivity index (χ2v) is 4.00. The molecular formula is C12H16BrNO. The van der Waals surface area contributed by atoms with Crippen molar-refractivity contribution in [3.05, 3.63) is 35.4 Å². The Hall–Kier alpha value is -0.830. The fraction of sp³-hybridized carbons (Fsp3) is 0.417. The maximum atomic E-state index is 11.7. The van der Waals surface area contributed by atoms with Crippen LogP contribution in [0.2, 0.25) is 0 Å². The highest BCUT2D eigenvalue weighted by Gasteiger charge is 2.04. The fourth-order valence-corrected chi connectivity index (χ4v) is 1.63. The highest BCUT2D eigenvalue weighted by molar-refractivity contribution is 9.08. The lowest BCUT2D eigenvalue weighted by Gasteiger charge is -2.05. The van der Waals surface area contributed by atoms with E-state index >= 15 is 0 Å². The van der Waals surface area contributed by atoms with E-state index in [1.54, 1.807) is 0 Å². The van der Waals surface area contributed by atoms with E-state index in [0.29, 0.717) is 0 Å². The van der Waals surface area contributed by atoms with E-state index in [4.69, 9.17) is 0 Å². The molecule has 0 saturated carbocycles. The van der Waals surface area contributed by atoms with Crippen molar-refractivity contribution in [1.29, 1.82) is 0 Å². The summed E-state index contributed by atoms with van der Waals surface area (Å²) in [6.07, 6.45) is 2.13. The zero-order valence-corrected chi connectivity index (χ0v) is 10.5. The Balaban J connectivity index is 2.57. The summed E-state index contributed by atoms with van der Waals surface area (Å²) in [5.74, 6) is 0.0197. The van der Waals surface area contributed by atoms with E-state index in [2.05, 4.69) is 28.2 Å². The normalized spacial score (nSPS) is 10.0. The summed E-state index contributed by atoms with van der Waals surface area (Å²) in [5, 5.41) is 3.68. The van der Waals surface area contributed by atoms with Gasteiger partial charge in [0.05, 0.1) is 0 Å². The highest BCUT2D eigenvalue weighted by Crippen LogP contribution is 2.08. The maximum Gasteiger partial charge on any atom is 0.251 e. The van der Waals surface area contributed by atoms with Crippen molar-refractivity contribution < 1.29 is 4.79 Å². The van der Waals surface area contributed by atoms with Crippen LogP contribution in [0.3, 0.4) is 0 Å². The van der Waals surface area contributed by atoms with E-state index in [1.165, 1.54) is 0 Å². The van der Waals surface area contributed by atoms with E-state index < -0.39 is 0 Å². The van der Waals surface area contributed by atoms with Crippen LogP contribution in [0.1, 0.15) is 35.7 Å². The van der Waals surface area contributed by atoms with Gasteiger partial charge in [0.15, 0.2) is 0 Å². The zero-order chi connectivity index (χ0) is 11.1. The van der Waals surface area contributed by atoms with Crippen molar-refractivity contribution in [2.24, 2.45) is 0 Å². The van der Waals surface area contributed by atoms with Crippen LogP contribution >= 0.6 is 15.9 Å². The van der Waals surface area contributed by atoms with E-state index in [1.807, 2.05) is 24.3 Å². The van der Waals surface area contributed by atoms with Crippen LogP contribution < -0.4 is 5.32 Å². The SMILES string of the molecule is CCCCNC(=O)c1cccc(CBr)c1. The number of nitrogens with one attached hydrogen (secondary N) is 1. The molecular weight excluding hydrogens is 254 g/mol. The van der Waals surface area contributed by atoms with Crippen molar-refractivity contribution in [3.63, 3.8) is 0 Å². The molecule has 0 aromatic heterocycles. The molecule has 0 aliphatic carbocycles. The van der Waals surface area contributed by atoms with Gasteiger partial charge in [-0.3, -0.25) is 4.79 Å². The number of alkyl halides is 1. The molecule has 1 aromatic carbocycles. The number of rotatable bonds is 5. The minimum atomic E-state index is 0.0197. The summed E-state index contributed by atoms with van der Waals surface area (Å²) in [7, 11) is 0. The summed E-state index contributed by atoms with van der Waals surface area (Å²) in [4.78, 5) is 11.7. The van der Waals surface area contributed by atoms with Gasteiger partial charge in [-0.15, -0.1) is 0 Å². The predicted octanol–water partition coefficient (Wildman–Crippen LogP) is 3.11. The molecule has 0 heterocycles. The summed E-state index contributed by atoms with van der Waals surface area (Å²) in [5.41, 5.74) is 1.86. The van der Waals surface area contributed by atoms with Gasteiger partial charge in [0.1, 0.15) is 0 Å². The molecule has 0 unspecified atom stereocenters. The van der Waals surface area contributed by atoms with Crippen LogP contribution in [0.4, 0.5) is 0 Å². The summed E-state index contributed by atoms with van der Waals surface area (Å²) in [6.45, 7) is 2.87. The molecule has 1 rings (SSSR count). The van der Waals surface area contributed by atoms with E-state index in [0.717, 1.165) is 35.8 Å². The molecule has 0 aliphatic rings. The molecule has 0 bridgehead atoms. The minimum absolute atomic E-state index is 0.0197. The van der Waals surface area contributed by atoms with Crippen molar-refractivity contribution in [3.8, 4) is 0 Å². The molecule has 0 radical (unpaired) electrons. The van der Waals surface area contributed by atoms with Crippen LogP contribution in [0, 0.1) is 0 Å². The molecule has 0 fully saturated rings. The standard InChI is InChI=1S/C12H16BrNO/c1-2-3-7-14-12(15)11-6-4-5-10(8-11)9-13/h4-6,8H,2-3,7,9H2,1H3,(H,14,15). The largest absolute Gasteiger partial charge is 0.352 e. The molecule has 3 heteroatoms. The first-order valence-corrected chi connectivity index (χ1v) is 6.33. The van der Waals surface area contributed by atoms with E-state index in [9.17, 15) is 4.79 Å². The first-order valence-electron chi connectivity index (χ1n) is 5.21. The quantitative estimate of drug-likeness (QED) is 0.646. The molecule has 82 valence electrons. The van der Waals surface area contributed by atoms with Crippen LogP contribution in [-0.4, -0.2) is 12.5 Å². The van der Waals surface area contributed by atoms with Crippen molar-refractivity contribution in [2.75, 3.05) is 6.54 Å². The molecule has 15 heavy (non-hydrogen) atoms. The monoisotopic (exact) mass is 269 g/mol. The Morgan fingerprint density at radius 1 is 1.47 bits per heavy atom. The summed E-state index contributed by atoms with van der Waals surface area (Å²) >= 11 is 3.37. The number of hydrogen-bond acceptors (Lipinski definition) is 1. The maximum absolute atomic E-state index is 11.7. The van der Waals surface area contributed by atoms with Gasteiger partial charge in [-0.2, -0.15) is 0 Å². The van der Waals surface area contributed by atoms with Crippen LogP contribution in [0.25, 0.3) is 0 Å². The van der Waals surface area contributed by atoms with Crippen LogP contribution in [-0.2, 0) is 5.33 Å². The number of amides is 1. The first kappa shape index (κ1) is 12.2. The van der Waals surface area contributed by atoms with Crippen LogP contribution in [0.15, 0.2) is 24.3 Å². The number of unbranched alkanes of at least 4 members (excludes halogenated alkanes) is 1. The Bertz CT molecular complexity index is 325. The highest BCUT2D eigenvalue weighted by atomic mass is 79.9. The van der Waals surface area contributed by atoms with Gasteiger partial charge >= 0.3 is 0 Å². The lowest BCUT2D eigenvalue weighted by molar-refractivity contribution is 0.0953. The van der Waals surface area contributed by atoms with Gasteiger partial charge in [0, 0.05) is 17.4 Å². The van der Waals surface area contributed by atoms with Gasteiger partial charge in [-0.05, 0) is 24.1 Å². The smallest absolute Gasteiger partial charge is 0.251 e. The van der Waals surface area contributed by atoms with Gasteiger partial charge in [0.25, 0.3) is 5.91 Å². The van der Waals surface area contributed by atoms with E-state index in [-0.39, 0.29) is 5.91 Å². The molecule has 0 spiro atoms. The van der Waals surface area contributed by atoms with Crippen molar-refractivity contribution in [2.45, 2.75) is 25.1 Å². The molecule has 0 saturated heterocycles. The number of carbonyl (C=O) groups excluding carboxylic acids is 1. The van der Waals surface area contributed by atoms with Crippen molar-refractivity contribution in [1.82, 2.24) is 5.32 Å². The Labute approximate surface area is 99.2 Å². The number of benzene rings is 1. The first-order chi connectivity index (χ1) is 7.27. The summed E-state index contributed by atoms with van der Waals surface area (Å²) in [6, 6.07) is 7.66. The predicted molar refractivity (Wildman–Crippen MR) is 66.3 cm³/mol. The molecule has 1 aromatic rings. The lowest BCUT2D eigenvalue weighted by Crippen LogP contribution is -2.24. The number of carbonyl (C=O) groups is 1. The third-order valence-corrected chi connectivity index (χ3v) is 2.81. The van der Waals surface area contributed by atoms with Gasteiger partial charge in [-0.25, -0.2) is 0 Å². The van der Waals surface area contributed by atoms with Crippen molar-refractivity contribution >= 4 is 21.8 Å². The summed E-state index contributed by atoms with van der Waals surface area (Å²) < 4.78 is 0. The zero-order valence-electron chi connectivity index (χ0n) is 8.92. The van der Waals surface area contributed by atoms with Gasteiger partial charge < -0.3 is 5.32 Å². The molecule has 1 N–H and O–H groups in total. The lowest BCUT2D eigenvalue weighted by atomic mass is 10.1. The minimum Gasteiger partial charge on any atom is -0.352 e. The Morgan fingerprint density at radius 2 is 2.27 bits per heavy atom. The topological polar surface area (TPSA) is 29.1 Å². The third kappa shape index (κ3) is 4.04. The fourth-order valence-electron chi connectivity index (χ4n) is 1.28. The van der Waals surface area contributed by atoms with Gasteiger partial charge in [0.2, 0.25) is 0 Å². The second-order valence-electron chi connectivity index (χ2n) is 3.44. The number of hydrogen-bond donors (Lipinski definition) is 1. The third-order valence-electron chi connectivity index (χ3n) is 2.16. The molecule has 0 atom stereocenters. The Kier molecular flexibility index (Phi) is 5.40. The average Bonchev–Trinajstić information content (AvgIpc) is 2.29. The average molecular weight is 270 g/mol. The second kappa shape index (κ2) is 6.62. The Morgan fingerprint density at radius 3 is 2.93 bits per heavy atom. The molecule has 0 aliphatic heterocycles. The van der Waals surface area contributed by atoms with Crippen LogP contribution in [0.5, 0.6) is 0 Å². The molecule has 2 nitrogen and oxygen atoms in total.